The van der Waals surface area contributed by atoms with E-state index in [1.54, 1.807) is 29.4 Å². The summed E-state index contributed by atoms with van der Waals surface area (Å²) in [5.41, 5.74) is 3.88. The number of thiophene rings is 1. The Labute approximate surface area is 134 Å². The molecular formula is C17H20N2O2S. The number of aryl methyl sites for hydroxylation is 2. The average Bonchev–Trinajstić information content (AvgIpc) is 3.00. The Morgan fingerprint density at radius 3 is 2.59 bits per heavy atom. The zero-order valence-electron chi connectivity index (χ0n) is 13.1. The second kappa shape index (κ2) is 7.22. The van der Waals surface area contributed by atoms with Crippen molar-refractivity contribution in [1.29, 1.82) is 0 Å². The average molecular weight is 316 g/mol. The highest BCUT2D eigenvalue weighted by Gasteiger charge is 2.12. The topological polar surface area (TPSA) is 49.4 Å². The molecule has 0 radical (unpaired) electrons. The van der Waals surface area contributed by atoms with Gasteiger partial charge in [-0.15, -0.1) is 0 Å². The second-order valence-corrected chi connectivity index (χ2v) is 6.14. The van der Waals surface area contributed by atoms with E-state index in [2.05, 4.69) is 5.32 Å². The maximum absolute atomic E-state index is 12.1. The van der Waals surface area contributed by atoms with Gasteiger partial charge in [-0.05, 0) is 59.5 Å². The zero-order valence-corrected chi connectivity index (χ0v) is 13.9. The van der Waals surface area contributed by atoms with Gasteiger partial charge in [0, 0.05) is 19.2 Å². The molecule has 2 rings (SSSR count). The molecule has 0 bridgehead atoms. The Morgan fingerprint density at radius 2 is 1.95 bits per heavy atom. The van der Waals surface area contributed by atoms with Crippen LogP contribution in [0.3, 0.4) is 0 Å². The molecule has 0 saturated heterocycles. The molecule has 1 aromatic carbocycles. The Morgan fingerprint density at radius 1 is 1.18 bits per heavy atom. The molecule has 4 nitrogen and oxygen atoms in total. The maximum atomic E-state index is 12.1. The van der Waals surface area contributed by atoms with Gasteiger partial charge in [-0.2, -0.15) is 11.3 Å². The molecule has 22 heavy (non-hydrogen) atoms. The SMILES string of the molecule is Cc1ccc(C(=O)NCC(=O)N(C)Cc2ccsc2)cc1C. The number of carbonyl (C=O) groups excluding carboxylic acids is 2. The van der Waals surface area contributed by atoms with Crippen molar-refractivity contribution in [2.75, 3.05) is 13.6 Å². The molecule has 0 aliphatic carbocycles. The Balaban J connectivity index is 1.87. The molecular weight excluding hydrogens is 296 g/mol. The monoisotopic (exact) mass is 316 g/mol. The lowest BCUT2D eigenvalue weighted by Crippen LogP contribution is -2.37. The maximum Gasteiger partial charge on any atom is 0.251 e. The number of benzene rings is 1. The van der Waals surface area contributed by atoms with Crippen LogP contribution >= 0.6 is 11.3 Å². The fourth-order valence-corrected chi connectivity index (χ4v) is 2.68. The summed E-state index contributed by atoms with van der Waals surface area (Å²) < 4.78 is 0. The van der Waals surface area contributed by atoms with E-state index in [9.17, 15) is 9.59 Å². The third-order valence-corrected chi connectivity index (χ3v) is 4.33. The lowest BCUT2D eigenvalue weighted by Gasteiger charge is -2.17. The normalized spacial score (nSPS) is 10.3. The van der Waals surface area contributed by atoms with Crippen molar-refractivity contribution in [3.05, 3.63) is 57.3 Å². The summed E-state index contributed by atoms with van der Waals surface area (Å²) in [6.07, 6.45) is 0. The first-order chi connectivity index (χ1) is 10.5. The lowest BCUT2D eigenvalue weighted by atomic mass is 10.1. The summed E-state index contributed by atoms with van der Waals surface area (Å²) in [5.74, 6) is -0.330. The van der Waals surface area contributed by atoms with E-state index < -0.39 is 0 Å². The van der Waals surface area contributed by atoms with E-state index >= 15 is 0 Å². The fraction of sp³-hybridized carbons (Fsp3) is 0.294. The minimum absolute atomic E-state index is 0.00634. The molecule has 0 aliphatic heterocycles. The number of hydrogen-bond acceptors (Lipinski definition) is 3. The summed E-state index contributed by atoms with van der Waals surface area (Å²) >= 11 is 1.60. The van der Waals surface area contributed by atoms with E-state index in [0.29, 0.717) is 12.1 Å². The van der Waals surface area contributed by atoms with Gasteiger partial charge in [0.15, 0.2) is 0 Å². The van der Waals surface area contributed by atoms with E-state index in [-0.39, 0.29) is 18.4 Å². The van der Waals surface area contributed by atoms with Gasteiger partial charge in [0.25, 0.3) is 5.91 Å². The number of nitrogens with zero attached hydrogens (tertiary/aromatic N) is 1. The van der Waals surface area contributed by atoms with E-state index in [4.69, 9.17) is 0 Å². The molecule has 2 amide bonds. The van der Waals surface area contributed by atoms with Gasteiger partial charge in [-0.1, -0.05) is 6.07 Å². The van der Waals surface area contributed by atoms with Crippen LogP contribution in [0, 0.1) is 13.8 Å². The van der Waals surface area contributed by atoms with Gasteiger partial charge in [0.2, 0.25) is 5.91 Å². The second-order valence-electron chi connectivity index (χ2n) is 5.36. The summed E-state index contributed by atoms with van der Waals surface area (Å²) in [4.78, 5) is 25.7. The molecule has 0 unspecified atom stereocenters. The number of hydrogen-bond donors (Lipinski definition) is 1. The van der Waals surface area contributed by atoms with E-state index in [1.165, 1.54) is 0 Å². The Hall–Kier alpha value is -2.14. The number of carbonyl (C=O) groups is 2. The predicted molar refractivity (Wildman–Crippen MR) is 89.0 cm³/mol. The van der Waals surface area contributed by atoms with Crippen LogP contribution in [-0.2, 0) is 11.3 Å². The highest BCUT2D eigenvalue weighted by molar-refractivity contribution is 7.07. The summed E-state index contributed by atoms with van der Waals surface area (Å²) in [7, 11) is 1.74. The van der Waals surface area contributed by atoms with Gasteiger partial charge in [-0.25, -0.2) is 0 Å². The van der Waals surface area contributed by atoms with Crippen LogP contribution in [0.4, 0.5) is 0 Å². The van der Waals surface area contributed by atoms with Crippen molar-refractivity contribution >= 4 is 23.2 Å². The van der Waals surface area contributed by atoms with Crippen molar-refractivity contribution in [3.63, 3.8) is 0 Å². The summed E-state index contributed by atoms with van der Waals surface area (Å²) in [6, 6.07) is 7.51. The molecule has 0 atom stereocenters. The largest absolute Gasteiger partial charge is 0.343 e. The van der Waals surface area contributed by atoms with Crippen LogP contribution in [0.25, 0.3) is 0 Å². The standard InChI is InChI=1S/C17H20N2O2S/c1-12-4-5-15(8-13(12)2)17(21)18-9-16(20)19(3)10-14-6-7-22-11-14/h4-8,11H,9-10H2,1-3H3,(H,18,21). The molecule has 5 heteroatoms. The molecule has 0 spiro atoms. The summed E-state index contributed by atoms with van der Waals surface area (Å²) in [6.45, 7) is 4.53. The molecule has 0 aliphatic rings. The van der Waals surface area contributed by atoms with Crippen LogP contribution in [0.15, 0.2) is 35.0 Å². The van der Waals surface area contributed by atoms with Crippen LogP contribution in [0.2, 0.25) is 0 Å². The van der Waals surface area contributed by atoms with Crippen LogP contribution in [0.1, 0.15) is 27.0 Å². The molecule has 1 heterocycles. The van der Waals surface area contributed by atoms with Crippen molar-refractivity contribution in [3.8, 4) is 0 Å². The number of amides is 2. The summed E-state index contributed by atoms with van der Waals surface area (Å²) in [5, 5.41) is 6.67. The zero-order chi connectivity index (χ0) is 16.1. The van der Waals surface area contributed by atoms with Crippen LogP contribution in [0.5, 0.6) is 0 Å². The van der Waals surface area contributed by atoms with Crippen molar-refractivity contribution < 1.29 is 9.59 Å². The van der Waals surface area contributed by atoms with Gasteiger partial charge in [0.05, 0.1) is 6.54 Å². The first-order valence-corrected chi connectivity index (χ1v) is 8.02. The van der Waals surface area contributed by atoms with E-state index in [1.807, 2.05) is 42.8 Å². The molecule has 1 aromatic heterocycles. The number of nitrogens with one attached hydrogen (secondary N) is 1. The molecule has 116 valence electrons. The predicted octanol–water partition coefficient (Wildman–Crippen LogP) is 2.75. The van der Waals surface area contributed by atoms with Crippen molar-refractivity contribution in [2.45, 2.75) is 20.4 Å². The molecule has 1 N–H and O–H groups in total. The smallest absolute Gasteiger partial charge is 0.251 e. The van der Waals surface area contributed by atoms with Gasteiger partial charge in [-0.3, -0.25) is 9.59 Å². The third kappa shape index (κ3) is 4.18. The van der Waals surface area contributed by atoms with Gasteiger partial charge >= 0.3 is 0 Å². The number of likely N-dealkylation sites (N-methyl/N-ethyl adjacent to an activating group) is 1. The highest BCUT2D eigenvalue weighted by atomic mass is 32.1. The van der Waals surface area contributed by atoms with Gasteiger partial charge in [0.1, 0.15) is 0 Å². The lowest BCUT2D eigenvalue weighted by molar-refractivity contribution is -0.129. The molecule has 0 fully saturated rings. The third-order valence-electron chi connectivity index (χ3n) is 3.59. The first kappa shape index (κ1) is 16.2. The molecule has 0 saturated carbocycles. The quantitative estimate of drug-likeness (QED) is 0.922. The number of rotatable bonds is 5. The first-order valence-electron chi connectivity index (χ1n) is 7.08. The highest BCUT2D eigenvalue weighted by Crippen LogP contribution is 2.10. The van der Waals surface area contributed by atoms with Crippen molar-refractivity contribution in [2.24, 2.45) is 0 Å². The Bertz CT molecular complexity index is 665. The minimum Gasteiger partial charge on any atom is -0.343 e. The van der Waals surface area contributed by atoms with Crippen molar-refractivity contribution in [1.82, 2.24) is 10.2 Å². The van der Waals surface area contributed by atoms with E-state index in [0.717, 1.165) is 16.7 Å². The van der Waals surface area contributed by atoms with Crippen LogP contribution < -0.4 is 5.32 Å². The molecule has 2 aromatic rings. The minimum atomic E-state index is -0.222. The van der Waals surface area contributed by atoms with Crippen LogP contribution in [-0.4, -0.2) is 30.3 Å². The Kier molecular flexibility index (Phi) is 5.33. The van der Waals surface area contributed by atoms with Gasteiger partial charge < -0.3 is 10.2 Å². The fourth-order valence-electron chi connectivity index (χ4n) is 2.02.